The Bertz CT molecular complexity index is 656. The van der Waals surface area contributed by atoms with Gasteiger partial charge in [-0.2, -0.15) is 0 Å². The molecule has 0 saturated carbocycles. The number of rotatable bonds is 4. The van der Waals surface area contributed by atoms with E-state index < -0.39 is 0 Å². The highest BCUT2D eigenvalue weighted by molar-refractivity contribution is 5.88. The van der Waals surface area contributed by atoms with Gasteiger partial charge in [-0.05, 0) is 35.4 Å². The fraction of sp³-hybridized carbons (Fsp3) is 0.444. The summed E-state index contributed by atoms with van der Waals surface area (Å²) < 4.78 is 11.1. The first-order valence-electron chi connectivity index (χ1n) is 7.83. The summed E-state index contributed by atoms with van der Waals surface area (Å²) in [5.74, 6) is 1.16. The van der Waals surface area contributed by atoms with Gasteiger partial charge in [-0.1, -0.05) is 19.1 Å². The number of hydrogen-bond donors (Lipinski definition) is 1. The Hall–Kier alpha value is -1.78. The summed E-state index contributed by atoms with van der Waals surface area (Å²) in [7, 11) is 1.66. The molecule has 1 heterocycles. The number of nitrogens with zero attached hydrogens (tertiary/aromatic N) is 1. The van der Waals surface area contributed by atoms with Crippen LogP contribution < -0.4 is 4.74 Å². The lowest BCUT2D eigenvalue weighted by molar-refractivity contribution is -0.0325. The number of morpholine rings is 1. The van der Waals surface area contributed by atoms with E-state index in [2.05, 4.69) is 11.8 Å². The molecule has 1 aliphatic rings. The molecule has 1 aliphatic heterocycles. The summed E-state index contributed by atoms with van der Waals surface area (Å²) in [5, 5.41) is 12.5. The molecule has 0 amide bonds. The molecule has 0 bridgehead atoms. The zero-order chi connectivity index (χ0) is 15.5. The maximum absolute atomic E-state index is 10.3. The molecule has 1 fully saturated rings. The van der Waals surface area contributed by atoms with Crippen LogP contribution >= 0.6 is 0 Å². The lowest BCUT2D eigenvalue weighted by Gasteiger charge is -2.32. The van der Waals surface area contributed by atoms with Crippen molar-refractivity contribution in [2.45, 2.75) is 26.0 Å². The molecule has 3 rings (SSSR count). The van der Waals surface area contributed by atoms with Crippen LogP contribution in [0, 0.1) is 0 Å². The van der Waals surface area contributed by atoms with Gasteiger partial charge in [0.25, 0.3) is 0 Å². The van der Waals surface area contributed by atoms with Crippen molar-refractivity contribution in [3.05, 3.63) is 35.9 Å². The van der Waals surface area contributed by atoms with Crippen molar-refractivity contribution >= 4 is 10.8 Å². The Kier molecular flexibility index (Phi) is 4.50. The molecule has 1 N–H and O–H groups in total. The van der Waals surface area contributed by atoms with Crippen LogP contribution in [0.1, 0.15) is 18.9 Å². The van der Waals surface area contributed by atoms with Crippen molar-refractivity contribution in [3.63, 3.8) is 0 Å². The minimum atomic E-state index is 0.292. The number of methoxy groups -OCH3 is 1. The zero-order valence-electron chi connectivity index (χ0n) is 13.2. The topological polar surface area (TPSA) is 41.9 Å². The smallest absolute Gasteiger partial charge is 0.120 e. The van der Waals surface area contributed by atoms with Crippen LogP contribution in [-0.4, -0.2) is 42.9 Å². The van der Waals surface area contributed by atoms with Crippen molar-refractivity contribution in [1.29, 1.82) is 0 Å². The highest BCUT2D eigenvalue weighted by atomic mass is 16.5. The van der Waals surface area contributed by atoms with E-state index in [0.717, 1.165) is 54.7 Å². The molecule has 2 aromatic carbocycles. The third kappa shape index (κ3) is 3.03. The van der Waals surface area contributed by atoms with Gasteiger partial charge in [0, 0.05) is 25.2 Å². The minimum absolute atomic E-state index is 0.292. The van der Waals surface area contributed by atoms with Gasteiger partial charge in [0.05, 0.1) is 19.8 Å². The summed E-state index contributed by atoms with van der Waals surface area (Å²) in [4.78, 5) is 2.35. The van der Waals surface area contributed by atoms with E-state index >= 15 is 0 Å². The van der Waals surface area contributed by atoms with Crippen LogP contribution in [-0.2, 0) is 11.3 Å². The van der Waals surface area contributed by atoms with Gasteiger partial charge in [-0.3, -0.25) is 4.90 Å². The first-order chi connectivity index (χ1) is 10.7. The van der Waals surface area contributed by atoms with Gasteiger partial charge >= 0.3 is 0 Å². The van der Waals surface area contributed by atoms with E-state index in [1.54, 1.807) is 13.2 Å². The lowest BCUT2D eigenvalue weighted by Crippen LogP contribution is -2.41. The molecule has 4 heteroatoms. The monoisotopic (exact) mass is 301 g/mol. The number of phenols is 1. The average molecular weight is 301 g/mol. The predicted octanol–water partition coefficient (Wildman–Crippen LogP) is 3.16. The van der Waals surface area contributed by atoms with Crippen LogP contribution in [0.5, 0.6) is 11.5 Å². The molecule has 118 valence electrons. The third-order valence-electron chi connectivity index (χ3n) is 4.38. The highest BCUT2D eigenvalue weighted by Crippen LogP contribution is 2.31. The lowest BCUT2D eigenvalue weighted by atomic mass is 10.0. The number of benzene rings is 2. The van der Waals surface area contributed by atoms with E-state index in [1.807, 2.05) is 24.3 Å². The molecule has 0 aliphatic carbocycles. The minimum Gasteiger partial charge on any atom is -0.508 e. The molecule has 2 aromatic rings. The maximum Gasteiger partial charge on any atom is 0.120 e. The molecule has 1 unspecified atom stereocenters. The third-order valence-corrected chi connectivity index (χ3v) is 4.38. The normalized spacial score (nSPS) is 19.5. The fourth-order valence-electron chi connectivity index (χ4n) is 3.04. The van der Waals surface area contributed by atoms with E-state index in [4.69, 9.17) is 9.47 Å². The first-order valence-corrected chi connectivity index (χ1v) is 7.83. The summed E-state index contributed by atoms with van der Waals surface area (Å²) in [6, 6.07) is 9.71. The summed E-state index contributed by atoms with van der Waals surface area (Å²) in [6.07, 6.45) is 1.31. The summed E-state index contributed by atoms with van der Waals surface area (Å²) in [6.45, 7) is 5.45. The van der Waals surface area contributed by atoms with Crippen LogP contribution in [0.15, 0.2) is 30.3 Å². The molecule has 4 nitrogen and oxygen atoms in total. The van der Waals surface area contributed by atoms with Crippen molar-refractivity contribution in [1.82, 2.24) is 4.90 Å². The van der Waals surface area contributed by atoms with E-state index in [-0.39, 0.29) is 0 Å². The van der Waals surface area contributed by atoms with Gasteiger partial charge < -0.3 is 14.6 Å². The second-order valence-corrected chi connectivity index (χ2v) is 5.79. The molecular formula is C18H23NO3. The van der Waals surface area contributed by atoms with E-state index in [9.17, 15) is 5.11 Å². The zero-order valence-corrected chi connectivity index (χ0v) is 13.2. The number of ether oxygens (including phenoxy) is 2. The Labute approximate surface area is 131 Å². The van der Waals surface area contributed by atoms with Crippen LogP contribution in [0.25, 0.3) is 10.8 Å². The second-order valence-electron chi connectivity index (χ2n) is 5.79. The molecule has 1 atom stereocenters. The second kappa shape index (κ2) is 6.55. The van der Waals surface area contributed by atoms with Crippen LogP contribution in [0.2, 0.25) is 0 Å². The number of fused-ring (bicyclic) bond motifs is 1. The molecular weight excluding hydrogens is 278 g/mol. The standard InChI is InChI=1S/C18H23NO3/c1-3-14-11-19(8-9-22-14)12-17-16-10-15(21-2)6-4-13(16)5-7-18(17)20/h4-7,10,14,20H,3,8-9,11-12H2,1-2H3. The molecule has 0 aromatic heterocycles. The van der Waals surface area contributed by atoms with Gasteiger partial charge in [0.15, 0.2) is 0 Å². The number of phenolic OH excluding ortho intramolecular Hbond substituents is 1. The SMILES string of the molecule is CCC1CN(Cc2c(O)ccc3ccc(OC)cc23)CCO1. The largest absolute Gasteiger partial charge is 0.508 e. The van der Waals surface area contributed by atoms with Gasteiger partial charge in [0.1, 0.15) is 11.5 Å². The Balaban J connectivity index is 1.93. The quantitative estimate of drug-likeness (QED) is 0.942. The molecule has 0 radical (unpaired) electrons. The van der Waals surface area contributed by atoms with Crippen LogP contribution in [0.4, 0.5) is 0 Å². The van der Waals surface area contributed by atoms with Crippen molar-refractivity contribution < 1.29 is 14.6 Å². The fourth-order valence-corrected chi connectivity index (χ4v) is 3.04. The van der Waals surface area contributed by atoms with E-state index in [1.165, 1.54) is 0 Å². The number of hydrogen-bond acceptors (Lipinski definition) is 4. The van der Waals surface area contributed by atoms with Crippen molar-refractivity contribution in [2.24, 2.45) is 0 Å². The van der Waals surface area contributed by atoms with Crippen molar-refractivity contribution in [2.75, 3.05) is 26.8 Å². The molecule has 22 heavy (non-hydrogen) atoms. The Morgan fingerprint density at radius 2 is 2.14 bits per heavy atom. The highest BCUT2D eigenvalue weighted by Gasteiger charge is 2.20. The predicted molar refractivity (Wildman–Crippen MR) is 87.5 cm³/mol. The van der Waals surface area contributed by atoms with Gasteiger partial charge in [-0.15, -0.1) is 0 Å². The molecule has 0 spiro atoms. The average Bonchev–Trinajstić information content (AvgIpc) is 2.57. The first kappa shape index (κ1) is 15.1. The van der Waals surface area contributed by atoms with E-state index in [0.29, 0.717) is 11.9 Å². The summed E-state index contributed by atoms with van der Waals surface area (Å²) >= 11 is 0. The number of aromatic hydroxyl groups is 1. The van der Waals surface area contributed by atoms with Crippen LogP contribution in [0.3, 0.4) is 0 Å². The Morgan fingerprint density at radius 3 is 2.91 bits per heavy atom. The summed E-state index contributed by atoms with van der Waals surface area (Å²) in [5.41, 5.74) is 0.966. The van der Waals surface area contributed by atoms with Gasteiger partial charge in [0.2, 0.25) is 0 Å². The Morgan fingerprint density at radius 1 is 1.32 bits per heavy atom. The maximum atomic E-state index is 10.3. The molecule has 1 saturated heterocycles. The van der Waals surface area contributed by atoms with Crippen molar-refractivity contribution in [3.8, 4) is 11.5 Å². The van der Waals surface area contributed by atoms with Gasteiger partial charge in [-0.25, -0.2) is 0 Å².